The van der Waals surface area contributed by atoms with Crippen LogP contribution in [0.4, 0.5) is 10.3 Å². The summed E-state index contributed by atoms with van der Waals surface area (Å²) < 4.78 is 20.7. The molecule has 1 saturated carbocycles. The fraction of sp³-hybridized carbons (Fsp3) is 0.483. The van der Waals surface area contributed by atoms with Gasteiger partial charge in [0.2, 0.25) is 11.9 Å². The average Bonchev–Trinajstić information content (AvgIpc) is 3.74. The highest BCUT2D eigenvalue weighted by Crippen LogP contribution is 2.49. The van der Waals surface area contributed by atoms with Crippen molar-refractivity contribution >= 4 is 23.5 Å². The molecule has 1 aromatic carbocycles. The summed E-state index contributed by atoms with van der Waals surface area (Å²) in [5.74, 6) is 2.93. The number of fused-ring (bicyclic) bond motifs is 1. The standard InChI is InChI=1S/C29H32ClFN6O2/c30-23-15-33-29(34-16-23)36-7-3-19(4-8-36)25-11-20(25)6-10-39-24-2-1-21(26(31)13-24)12-28(38)37-9-5-22-14-32-18-35-27(22)17-37/h1-2,13-16,18-20,25H,3-12,17H2. The molecule has 3 aromatic rings. The molecule has 1 aliphatic carbocycles. The van der Waals surface area contributed by atoms with Crippen LogP contribution in [-0.4, -0.2) is 57.0 Å². The third kappa shape index (κ3) is 6.13. The van der Waals surface area contributed by atoms with E-state index >= 15 is 0 Å². The van der Waals surface area contributed by atoms with Crippen LogP contribution < -0.4 is 9.64 Å². The summed E-state index contributed by atoms with van der Waals surface area (Å²) in [6.07, 6.45) is 11.9. The zero-order valence-electron chi connectivity index (χ0n) is 21.8. The summed E-state index contributed by atoms with van der Waals surface area (Å²) in [6.45, 7) is 3.56. The van der Waals surface area contributed by atoms with Crippen LogP contribution in [0.1, 0.15) is 42.5 Å². The Bertz CT molecular complexity index is 1320. The number of hydrogen-bond donors (Lipinski definition) is 0. The molecule has 6 rings (SSSR count). The van der Waals surface area contributed by atoms with Crippen molar-refractivity contribution in [2.45, 2.75) is 45.1 Å². The quantitative estimate of drug-likeness (QED) is 0.408. The van der Waals surface area contributed by atoms with E-state index in [4.69, 9.17) is 16.3 Å². The van der Waals surface area contributed by atoms with Gasteiger partial charge in [0.05, 0.1) is 42.7 Å². The van der Waals surface area contributed by atoms with Crippen molar-refractivity contribution in [2.75, 3.05) is 31.1 Å². The van der Waals surface area contributed by atoms with Crippen molar-refractivity contribution in [3.8, 4) is 5.75 Å². The molecule has 0 bridgehead atoms. The van der Waals surface area contributed by atoms with Crippen LogP contribution in [-0.2, 0) is 24.2 Å². The molecular weight excluding hydrogens is 519 g/mol. The van der Waals surface area contributed by atoms with E-state index in [9.17, 15) is 9.18 Å². The molecule has 10 heteroatoms. The van der Waals surface area contributed by atoms with E-state index in [0.29, 0.717) is 41.9 Å². The van der Waals surface area contributed by atoms with Gasteiger partial charge < -0.3 is 14.5 Å². The van der Waals surface area contributed by atoms with Gasteiger partial charge in [-0.05, 0) is 67.1 Å². The molecule has 2 aromatic heterocycles. The second-order valence-electron chi connectivity index (χ2n) is 10.8. The number of halogens is 2. The van der Waals surface area contributed by atoms with Gasteiger partial charge in [-0.25, -0.2) is 24.3 Å². The molecule has 3 aliphatic rings. The maximum Gasteiger partial charge on any atom is 0.227 e. The number of carbonyl (C=O) groups excluding carboxylic acids is 1. The molecule has 2 fully saturated rings. The first kappa shape index (κ1) is 25.9. The minimum Gasteiger partial charge on any atom is -0.493 e. The highest BCUT2D eigenvalue weighted by atomic mass is 35.5. The lowest BCUT2D eigenvalue weighted by atomic mass is 9.90. The maximum absolute atomic E-state index is 14.8. The molecule has 204 valence electrons. The minimum absolute atomic E-state index is 0.0270. The first-order chi connectivity index (χ1) is 19.0. The van der Waals surface area contributed by atoms with Crippen molar-refractivity contribution in [3.05, 3.63) is 70.8 Å². The zero-order chi connectivity index (χ0) is 26.8. The highest BCUT2D eigenvalue weighted by molar-refractivity contribution is 6.30. The predicted molar refractivity (Wildman–Crippen MR) is 145 cm³/mol. The first-order valence-electron chi connectivity index (χ1n) is 13.7. The van der Waals surface area contributed by atoms with Crippen LogP contribution in [0.5, 0.6) is 5.75 Å². The molecule has 1 amide bonds. The number of piperidine rings is 1. The van der Waals surface area contributed by atoms with Gasteiger partial charge in [-0.3, -0.25) is 4.79 Å². The number of rotatable bonds is 8. The summed E-state index contributed by atoms with van der Waals surface area (Å²) in [5, 5.41) is 0.557. The molecule has 8 nitrogen and oxygen atoms in total. The lowest BCUT2D eigenvalue weighted by Gasteiger charge is -2.32. The van der Waals surface area contributed by atoms with Crippen molar-refractivity contribution < 1.29 is 13.9 Å². The van der Waals surface area contributed by atoms with Crippen molar-refractivity contribution in [1.29, 1.82) is 0 Å². The highest BCUT2D eigenvalue weighted by Gasteiger charge is 2.43. The number of ether oxygens (including phenoxy) is 1. The summed E-state index contributed by atoms with van der Waals surface area (Å²) in [4.78, 5) is 33.8. The lowest BCUT2D eigenvalue weighted by Crippen LogP contribution is -2.37. The van der Waals surface area contributed by atoms with Gasteiger partial charge in [0.15, 0.2) is 0 Å². The number of hydrogen-bond acceptors (Lipinski definition) is 7. The van der Waals surface area contributed by atoms with Gasteiger partial charge in [0.25, 0.3) is 0 Å². The van der Waals surface area contributed by atoms with Crippen LogP contribution in [0.15, 0.2) is 43.1 Å². The SMILES string of the molecule is O=C(Cc1ccc(OCCC2CC2C2CCN(c3ncc(Cl)cn3)CC2)cc1F)N1CCc2cncnc2C1. The van der Waals surface area contributed by atoms with Crippen molar-refractivity contribution in [3.63, 3.8) is 0 Å². The average molecular weight is 551 g/mol. The van der Waals surface area contributed by atoms with Crippen LogP contribution in [0.25, 0.3) is 0 Å². The Morgan fingerprint density at radius 3 is 2.72 bits per heavy atom. The minimum atomic E-state index is -0.402. The third-order valence-corrected chi connectivity index (χ3v) is 8.56. The fourth-order valence-corrected chi connectivity index (χ4v) is 6.10. The molecular formula is C29H32ClFN6O2. The maximum atomic E-state index is 14.8. The van der Waals surface area contributed by atoms with E-state index in [2.05, 4.69) is 24.8 Å². The van der Waals surface area contributed by atoms with E-state index in [1.807, 2.05) is 0 Å². The Hall–Kier alpha value is -3.33. The Kier molecular flexibility index (Phi) is 7.59. The second kappa shape index (κ2) is 11.4. The third-order valence-electron chi connectivity index (χ3n) is 8.36. The van der Waals surface area contributed by atoms with Gasteiger partial charge in [-0.1, -0.05) is 17.7 Å². The molecule has 39 heavy (non-hydrogen) atoms. The van der Waals surface area contributed by atoms with Gasteiger partial charge in [0.1, 0.15) is 17.9 Å². The predicted octanol–water partition coefficient (Wildman–Crippen LogP) is 4.51. The smallest absolute Gasteiger partial charge is 0.227 e. The Balaban J connectivity index is 0.924. The van der Waals surface area contributed by atoms with Crippen molar-refractivity contribution in [2.24, 2.45) is 17.8 Å². The number of nitrogens with zero attached hydrogens (tertiary/aromatic N) is 6. The summed E-state index contributed by atoms with van der Waals surface area (Å²) >= 11 is 5.90. The van der Waals surface area contributed by atoms with Gasteiger partial charge in [-0.15, -0.1) is 0 Å². The zero-order valence-corrected chi connectivity index (χ0v) is 22.6. The Morgan fingerprint density at radius 2 is 1.92 bits per heavy atom. The molecule has 0 spiro atoms. The number of benzene rings is 1. The topological polar surface area (TPSA) is 84.3 Å². The Labute approximate surface area is 232 Å². The van der Waals surface area contributed by atoms with Gasteiger partial charge in [0, 0.05) is 31.9 Å². The molecule has 1 saturated heterocycles. The van der Waals surface area contributed by atoms with Crippen LogP contribution in [0, 0.1) is 23.6 Å². The lowest BCUT2D eigenvalue weighted by molar-refractivity contribution is -0.131. The van der Waals surface area contributed by atoms with E-state index in [-0.39, 0.29) is 12.3 Å². The Morgan fingerprint density at radius 1 is 1.10 bits per heavy atom. The van der Waals surface area contributed by atoms with Crippen LogP contribution in [0.3, 0.4) is 0 Å². The normalized spacial score (nSPS) is 21.0. The van der Waals surface area contributed by atoms with E-state index in [0.717, 1.165) is 67.8 Å². The van der Waals surface area contributed by atoms with Gasteiger partial charge in [-0.2, -0.15) is 0 Å². The summed E-state index contributed by atoms with van der Waals surface area (Å²) in [5.41, 5.74) is 2.32. The molecule has 4 heterocycles. The largest absolute Gasteiger partial charge is 0.493 e. The molecule has 0 radical (unpaired) electrons. The van der Waals surface area contributed by atoms with E-state index in [1.54, 1.807) is 35.6 Å². The van der Waals surface area contributed by atoms with E-state index in [1.165, 1.54) is 18.8 Å². The number of carbonyl (C=O) groups is 1. The van der Waals surface area contributed by atoms with E-state index < -0.39 is 5.82 Å². The van der Waals surface area contributed by atoms with Crippen LogP contribution >= 0.6 is 11.6 Å². The monoisotopic (exact) mass is 550 g/mol. The number of anilines is 1. The van der Waals surface area contributed by atoms with Crippen molar-refractivity contribution in [1.82, 2.24) is 24.8 Å². The molecule has 2 atom stereocenters. The molecule has 2 unspecified atom stereocenters. The summed E-state index contributed by atoms with van der Waals surface area (Å²) in [6, 6.07) is 4.84. The number of amides is 1. The first-order valence-corrected chi connectivity index (χ1v) is 14.1. The summed E-state index contributed by atoms with van der Waals surface area (Å²) in [7, 11) is 0. The second-order valence-corrected chi connectivity index (χ2v) is 11.2. The van der Waals surface area contributed by atoms with Crippen LogP contribution in [0.2, 0.25) is 5.02 Å². The number of aromatic nitrogens is 4. The molecule has 2 aliphatic heterocycles. The van der Waals surface area contributed by atoms with Gasteiger partial charge >= 0.3 is 0 Å². The fourth-order valence-electron chi connectivity index (χ4n) is 6.00. The molecule has 0 N–H and O–H groups in total.